The molecule has 4 rings (SSSR count). The maximum Gasteiger partial charge on any atom is 0.309 e. The van der Waals surface area contributed by atoms with Crippen molar-refractivity contribution in [1.29, 1.82) is 0 Å². The molecule has 1 aliphatic heterocycles. The standard InChI is InChI=1S/C28H31NO5/c1-4-32-25-17-26-23(24(18-34-26)20-9-7-6-8-10-20)16-22(25)19(3)15-27(30)29-13-11-21(12-14-29)28(31)33-5-2/h6-10,15-18,21H,4-5,11-14H2,1-3H3/b19-15+. The van der Waals surface area contributed by atoms with Gasteiger partial charge < -0.3 is 18.8 Å². The van der Waals surface area contributed by atoms with E-state index in [0.29, 0.717) is 44.9 Å². The number of esters is 1. The van der Waals surface area contributed by atoms with Crippen molar-refractivity contribution in [2.24, 2.45) is 5.92 Å². The average Bonchev–Trinajstić information content (AvgIpc) is 3.27. The second-order valence-electron chi connectivity index (χ2n) is 8.47. The van der Waals surface area contributed by atoms with Crippen molar-refractivity contribution in [3.63, 3.8) is 0 Å². The van der Waals surface area contributed by atoms with E-state index in [2.05, 4.69) is 0 Å². The van der Waals surface area contributed by atoms with Gasteiger partial charge in [0.2, 0.25) is 5.91 Å². The first kappa shape index (κ1) is 23.6. The summed E-state index contributed by atoms with van der Waals surface area (Å²) in [5, 5.41) is 0.972. The molecule has 1 amide bonds. The van der Waals surface area contributed by atoms with Gasteiger partial charge in [-0.05, 0) is 50.8 Å². The summed E-state index contributed by atoms with van der Waals surface area (Å²) in [7, 11) is 0. The maximum atomic E-state index is 13.0. The first-order valence-corrected chi connectivity index (χ1v) is 11.9. The summed E-state index contributed by atoms with van der Waals surface area (Å²) in [5.74, 6) is 0.341. The third kappa shape index (κ3) is 5.01. The van der Waals surface area contributed by atoms with Crippen LogP contribution in [0, 0.1) is 5.92 Å². The first-order chi connectivity index (χ1) is 16.5. The summed E-state index contributed by atoms with van der Waals surface area (Å²) in [6.07, 6.45) is 4.68. The Kier molecular flexibility index (Phi) is 7.36. The highest BCUT2D eigenvalue weighted by molar-refractivity contribution is 6.00. The van der Waals surface area contributed by atoms with Gasteiger partial charge in [-0.2, -0.15) is 0 Å². The van der Waals surface area contributed by atoms with Gasteiger partial charge in [-0.15, -0.1) is 0 Å². The molecule has 1 aromatic heterocycles. The average molecular weight is 462 g/mol. The Morgan fingerprint density at radius 3 is 2.50 bits per heavy atom. The second kappa shape index (κ2) is 10.6. The van der Waals surface area contributed by atoms with Crippen LogP contribution in [0.2, 0.25) is 0 Å². The van der Waals surface area contributed by atoms with E-state index in [1.54, 1.807) is 17.2 Å². The topological polar surface area (TPSA) is 69.0 Å². The van der Waals surface area contributed by atoms with Crippen LogP contribution in [0.3, 0.4) is 0 Å². The number of hydrogen-bond donors (Lipinski definition) is 0. The van der Waals surface area contributed by atoms with Crippen molar-refractivity contribution in [3.05, 3.63) is 60.4 Å². The Balaban J connectivity index is 1.59. The number of piperidine rings is 1. The quantitative estimate of drug-likeness (QED) is 0.333. The molecule has 0 saturated carbocycles. The zero-order valence-corrected chi connectivity index (χ0v) is 20.0. The van der Waals surface area contributed by atoms with Gasteiger partial charge >= 0.3 is 5.97 Å². The lowest BCUT2D eigenvalue weighted by atomic mass is 9.96. The summed E-state index contributed by atoms with van der Waals surface area (Å²) in [5.41, 5.74) is 4.50. The van der Waals surface area contributed by atoms with E-state index in [4.69, 9.17) is 13.9 Å². The van der Waals surface area contributed by atoms with E-state index in [-0.39, 0.29) is 17.8 Å². The van der Waals surface area contributed by atoms with Crippen molar-refractivity contribution < 1.29 is 23.5 Å². The fraction of sp³-hybridized carbons (Fsp3) is 0.357. The van der Waals surface area contributed by atoms with Crippen LogP contribution in [0.1, 0.15) is 39.2 Å². The molecule has 0 unspecified atom stereocenters. The Morgan fingerprint density at radius 1 is 1.09 bits per heavy atom. The number of likely N-dealkylation sites (tertiary alicyclic amines) is 1. The molecule has 0 bridgehead atoms. The lowest BCUT2D eigenvalue weighted by Crippen LogP contribution is -2.40. The van der Waals surface area contributed by atoms with Crippen LogP contribution in [-0.2, 0) is 14.3 Å². The Labute approximate surface area is 200 Å². The molecular formula is C28H31NO5. The number of furan rings is 1. The minimum atomic E-state index is -0.162. The van der Waals surface area contributed by atoms with E-state index in [0.717, 1.165) is 33.2 Å². The molecule has 0 spiro atoms. The minimum absolute atomic E-state index is 0.0576. The van der Waals surface area contributed by atoms with Gasteiger partial charge in [-0.3, -0.25) is 9.59 Å². The molecule has 3 aromatic rings. The Morgan fingerprint density at radius 2 is 1.82 bits per heavy atom. The second-order valence-corrected chi connectivity index (χ2v) is 8.47. The highest BCUT2D eigenvalue weighted by Gasteiger charge is 2.27. The molecule has 178 valence electrons. The Bertz CT molecular complexity index is 1190. The number of carbonyl (C=O) groups is 2. The van der Waals surface area contributed by atoms with Crippen molar-refractivity contribution in [3.8, 4) is 16.9 Å². The Hall–Kier alpha value is -3.54. The molecule has 0 aliphatic carbocycles. The van der Waals surface area contributed by atoms with Crippen LogP contribution >= 0.6 is 0 Å². The number of ether oxygens (including phenoxy) is 2. The molecule has 34 heavy (non-hydrogen) atoms. The van der Waals surface area contributed by atoms with Crippen molar-refractivity contribution >= 4 is 28.4 Å². The van der Waals surface area contributed by atoms with Crippen LogP contribution in [0.15, 0.2) is 59.2 Å². The van der Waals surface area contributed by atoms with E-state index in [9.17, 15) is 9.59 Å². The van der Waals surface area contributed by atoms with Crippen LogP contribution in [-0.4, -0.2) is 43.1 Å². The zero-order valence-electron chi connectivity index (χ0n) is 20.0. The van der Waals surface area contributed by atoms with Crippen molar-refractivity contribution in [2.75, 3.05) is 26.3 Å². The summed E-state index contributed by atoms with van der Waals surface area (Å²) in [4.78, 5) is 26.8. The summed E-state index contributed by atoms with van der Waals surface area (Å²) in [6, 6.07) is 14.0. The number of carbonyl (C=O) groups excluding carboxylic acids is 2. The molecule has 0 radical (unpaired) electrons. The fourth-order valence-electron chi connectivity index (χ4n) is 4.43. The van der Waals surface area contributed by atoms with Gasteiger partial charge in [0.1, 0.15) is 11.3 Å². The number of benzene rings is 2. The van der Waals surface area contributed by atoms with Gasteiger partial charge in [0.15, 0.2) is 0 Å². The van der Waals surface area contributed by atoms with E-state index >= 15 is 0 Å². The van der Waals surface area contributed by atoms with Gasteiger partial charge in [-0.25, -0.2) is 0 Å². The summed E-state index contributed by atoms with van der Waals surface area (Å²) < 4.78 is 16.9. The van der Waals surface area contributed by atoms with Gasteiger partial charge in [-0.1, -0.05) is 30.3 Å². The maximum absolute atomic E-state index is 13.0. The molecule has 2 aromatic carbocycles. The van der Waals surface area contributed by atoms with Crippen LogP contribution in [0.25, 0.3) is 27.7 Å². The first-order valence-electron chi connectivity index (χ1n) is 11.9. The van der Waals surface area contributed by atoms with Gasteiger partial charge in [0.25, 0.3) is 0 Å². The number of allylic oxidation sites excluding steroid dienone is 1. The normalized spacial score (nSPS) is 14.9. The van der Waals surface area contributed by atoms with Crippen LogP contribution in [0.4, 0.5) is 0 Å². The highest BCUT2D eigenvalue weighted by atomic mass is 16.5. The third-order valence-electron chi connectivity index (χ3n) is 6.25. The highest BCUT2D eigenvalue weighted by Crippen LogP contribution is 2.37. The van der Waals surface area contributed by atoms with Crippen molar-refractivity contribution in [2.45, 2.75) is 33.6 Å². The zero-order chi connectivity index (χ0) is 24.1. The number of amides is 1. The SMILES string of the molecule is CCOC(=O)C1CCN(C(=O)/C=C(\C)c2cc3c(-c4ccccc4)coc3cc2OCC)CC1. The fourth-order valence-corrected chi connectivity index (χ4v) is 4.43. The summed E-state index contributed by atoms with van der Waals surface area (Å²) >= 11 is 0. The number of fused-ring (bicyclic) bond motifs is 1. The van der Waals surface area contributed by atoms with Crippen molar-refractivity contribution in [1.82, 2.24) is 4.90 Å². The third-order valence-corrected chi connectivity index (χ3v) is 6.25. The smallest absolute Gasteiger partial charge is 0.309 e. The van der Waals surface area contributed by atoms with E-state index < -0.39 is 0 Å². The number of rotatable bonds is 7. The monoisotopic (exact) mass is 461 g/mol. The molecule has 1 saturated heterocycles. The molecule has 1 aliphatic rings. The minimum Gasteiger partial charge on any atom is -0.493 e. The lowest BCUT2D eigenvalue weighted by Gasteiger charge is -2.30. The molecule has 1 fully saturated rings. The molecule has 2 heterocycles. The van der Waals surface area contributed by atoms with Crippen LogP contribution < -0.4 is 4.74 Å². The predicted octanol–water partition coefficient (Wildman–Crippen LogP) is 5.70. The lowest BCUT2D eigenvalue weighted by molar-refractivity contribution is -0.150. The number of nitrogens with zero attached hydrogens (tertiary/aromatic N) is 1. The molecule has 0 N–H and O–H groups in total. The van der Waals surface area contributed by atoms with Gasteiger partial charge in [0, 0.05) is 41.7 Å². The predicted molar refractivity (Wildman–Crippen MR) is 132 cm³/mol. The molecule has 6 nitrogen and oxygen atoms in total. The molecule has 0 atom stereocenters. The number of hydrogen-bond acceptors (Lipinski definition) is 5. The van der Waals surface area contributed by atoms with E-state index in [1.807, 2.05) is 63.2 Å². The molecular weight excluding hydrogens is 430 g/mol. The summed E-state index contributed by atoms with van der Waals surface area (Å²) in [6.45, 7) is 7.65. The van der Waals surface area contributed by atoms with Gasteiger partial charge in [0.05, 0.1) is 25.4 Å². The largest absolute Gasteiger partial charge is 0.493 e. The molecule has 6 heteroatoms. The van der Waals surface area contributed by atoms with E-state index in [1.165, 1.54) is 0 Å². The van der Waals surface area contributed by atoms with Crippen LogP contribution in [0.5, 0.6) is 5.75 Å².